The van der Waals surface area contributed by atoms with Gasteiger partial charge in [0.25, 0.3) is 0 Å². The number of carbonyl (C=O) groups excluding carboxylic acids is 1. The first-order valence-corrected chi connectivity index (χ1v) is 9.03. The number of ether oxygens (including phenoxy) is 1. The molecule has 25 heavy (non-hydrogen) atoms. The van der Waals surface area contributed by atoms with E-state index in [0.29, 0.717) is 13.0 Å². The molecule has 1 aliphatic rings. The summed E-state index contributed by atoms with van der Waals surface area (Å²) in [6.45, 7) is 6.23. The summed E-state index contributed by atoms with van der Waals surface area (Å²) >= 11 is 0. The quantitative estimate of drug-likeness (QED) is 0.812. The first-order valence-electron chi connectivity index (χ1n) is 9.03. The second-order valence-electron chi connectivity index (χ2n) is 6.61. The van der Waals surface area contributed by atoms with E-state index in [2.05, 4.69) is 31.1 Å². The minimum Gasteiger partial charge on any atom is -0.382 e. The fraction of sp³-hybridized carbons (Fsp3) is 0.500. The van der Waals surface area contributed by atoms with Crippen molar-refractivity contribution in [3.8, 4) is 0 Å². The van der Waals surface area contributed by atoms with Gasteiger partial charge in [0.2, 0.25) is 5.91 Å². The lowest BCUT2D eigenvalue weighted by molar-refractivity contribution is -0.135. The Balaban J connectivity index is 1.76. The fourth-order valence-electron chi connectivity index (χ4n) is 3.71. The summed E-state index contributed by atoms with van der Waals surface area (Å²) in [5.74, 6) is 0.194. The highest BCUT2D eigenvalue weighted by Gasteiger charge is 2.33. The maximum absolute atomic E-state index is 12.9. The van der Waals surface area contributed by atoms with Crippen LogP contribution in [0.1, 0.15) is 41.8 Å². The van der Waals surface area contributed by atoms with E-state index in [1.165, 1.54) is 16.7 Å². The highest BCUT2D eigenvalue weighted by atomic mass is 16.5. The Morgan fingerprint density at radius 3 is 2.88 bits per heavy atom. The Kier molecular flexibility index (Phi) is 5.53. The van der Waals surface area contributed by atoms with Gasteiger partial charge in [0, 0.05) is 26.6 Å². The lowest BCUT2D eigenvalue weighted by Gasteiger charge is -2.36. The van der Waals surface area contributed by atoms with Crippen molar-refractivity contribution < 1.29 is 9.53 Å². The minimum absolute atomic E-state index is 0.0411. The summed E-state index contributed by atoms with van der Waals surface area (Å²) in [7, 11) is 1.69. The number of carbonyl (C=O) groups is 1. The molecule has 0 N–H and O–H groups in total. The highest BCUT2D eigenvalue weighted by molar-refractivity contribution is 5.77. The molecule has 0 aliphatic carbocycles. The maximum Gasteiger partial charge on any atom is 0.223 e. The molecule has 134 valence electrons. The number of amides is 1. The smallest absolute Gasteiger partial charge is 0.223 e. The predicted molar refractivity (Wildman–Crippen MR) is 97.4 cm³/mol. The van der Waals surface area contributed by atoms with Crippen LogP contribution in [0.15, 0.2) is 30.5 Å². The van der Waals surface area contributed by atoms with Gasteiger partial charge in [-0.2, -0.15) is 5.10 Å². The van der Waals surface area contributed by atoms with Gasteiger partial charge in [-0.1, -0.05) is 24.3 Å². The van der Waals surface area contributed by atoms with Gasteiger partial charge >= 0.3 is 0 Å². The summed E-state index contributed by atoms with van der Waals surface area (Å²) in [5.41, 5.74) is 4.87. The van der Waals surface area contributed by atoms with Gasteiger partial charge in [0.15, 0.2) is 0 Å². The van der Waals surface area contributed by atoms with Crippen molar-refractivity contribution in [2.75, 3.05) is 20.3 Å². The number of hydrogen-bond donors (Lipinski definition) is 0. The largest absolute Gasteiger partial charge is 0.382 e. The van der Waals surface area contributed by atoms with Crippen molar-refractivity contribution in [3.63, 3.8) is 0 Å². The van der Waals surface area contributed by atoms with E-state index in [0.717, 1.165) is 31.6 Å². The van der Waals surface area contributed by atoms with Gasteiger partial charge in [0.05, 0.1) is 24.5 Å². The molecule has 2 aromatic rings. The lowest BCUT2D eigenvalue weighted by atomic mass is 9.98. The van der Waals surface area contributed by atoms with Crippen LogP contribution in [0, 0.1) is 6.92 Å². The van der Waals surface area contributed by atoms with Gasteiger partial charge in [0.1, 0.15) is 0 Å². The predicted octanol–water partition coefficient (Wildman–Crippen LogP) is 2.92. The molecule has 1 amide bonds. The summed E-state index contributed by atoms with van der Waals surface area (Å²) < 4.78 is 7.43. The number of aromatic nitrogens is 2. The molecule has 1 unspecified atom stereocenters. The minimum atomic E-state index is -0.0411. The summed E-state index contributed by atoms with van der Waals surface area (Å²) in [5, 5.41) is 4.47. The molecular formula is C20H27N3O2. The van der Waals surface area contributed by atoms with E-state index in [1.54, 1.807) is 7.11 Å². The molecule has 5 nitrogen and oxygen atoms in total. The van der Waals surface area contributed by atoms with Crippen molar-refractivity contribution in [1.82, 2.24) is 14.7 Å². The van der Waals surface area contributed by atoms with Crippen LogP contribution < -0.4 is 0 Å². The van der Waals surface area contributed by atoms with Crippen LogP contribution in [-0.2, 0) is 28.9 Å². The zero-order valence-electron chi connectivity index (χ0n) is 15.4. The Hall–Kier alpha value is -2.14. The molecule has 0 bridgehead atoms. The van der Waals surface area contributed by atoms with E-state index >= 15 is 0 Å². The van der Waals surface area contributed by atoms with Gasteiger partial charge in [-0.3, -0.25) is 9.48 Å². The molecule has 0 spiro atoms. The molecule has 2 heterocycles. The number of aryl methyl sites for hydroxylation is 3. The summed E-state index contributed by atoms with van der Waals surface area (Å²) in [6, 6.07) is 8.23. The second kappa shape index (κ2) is 7.83. The van der Waals surface area contributed by atoms with Crippen LogP contribution in [0.3, 0.4) is 0 Å². The van der Waals surface area contributed by atoms with Crippen molar-refractivity contribution in [2.45, 2.75) is 45.7 Å². The van der Waals surface area contributed by atoms with Crippen molar-refractivity contribution in [1.29, 1.82) is 0 Å². The molecular weight excluding hydrogens is 314 g/mol. The molecule has 3 rings (SSSR count). The SMILES string of the molecule is CCn1ncc2c1C(COC)N(C(=O)CCc1ccccc1C)CC2. The van der Waals surface area contributed by atoms with E-state index in [1.807, 2.05) is 27.9 Å². The summed E-state index contributed by atoms with van der Waals surface area (Å²) in [6.07, 6.45) is 4.12. The van der Waals surface area contributed by atoms with Crippen molar-refractivity contribution >= 4 is 5.91 Å². The number of methoxy groups -OCH3 is 1. The highest BCUT2D eigenvalue weighted by Crippen LogP contribution is 2.30. The zero-order valence-corrected chi connectivity index (χ0v) is 15.4. The first kappa shape index (κ1) is 17.7. The Bertz CT molecular complexity index is 725. The normalized spacial score (nSPS) is 16.8. The molecule has 0 saturated carbocycles. The van der Waals surface area contributed by atoms with Crippen LogP contribution in [0.4, 0.5) is 0 Å². The van der Waals surface area contributed by atoms with Crippen LogP contribution in [0.2, 0.25) is 0 Å². The first-order chi connectivity index (χ1) is 12.2. The van der Waals surface area contributed by atoms with Gasteiger partial charge in [-0.15, -0.1) is 0 Å². The Labute approximate surface area is 149 Å². The molecule has 1 atom stereocenters. The van der Waals surface area contributed by atoms with E-state index < -0.39 is 0 Å². The zero-order chi connectivity index (χ0) is 17.8. The van der Waals surface area contributed by atoms with Crippen LogP contribution >= 0.6 is 0 Å². The van der Waals surface area contributed by atoms with Crippen molar-refractivity contribution in [3.05, 3.63) is 52.8 Å². The Morgan fingerprint density at radius 2 is 2.16 bits per heavy atom. The van der Waals surface area contributed by atoms with Gasteiger partial charge in [-0.05, 0) is 43.4 Å². The topological polar surface area (TPSA) is 47.4 Å². The molecule has 0 fully saturated rings. The third-order valence-corrected chi connectivity index (χ3v) is 5.09. The molecule has 1 aromatic carbocycles. The monoisotopic (exact) mass is 341 g/mol. The maximum atomic E-state index is 12.9. The number of benzene rings is 1. The summed E-state index contributed by atoms with van der Waals surface area (Å²) in [4.78, 5) is 14.9. The van der Waals surface area contributed by atoms with E-state index in [4.69, 9.17) is 4.74 Å². The third kappa shape index (κ3) is 3.61. The number of fused-ring (bicyclic) bond motifs is 1. The van der Waals surface area contributed by atoms with E-state index in [9.17, 15) is 4.79 Å². The number of rotatable bonds is 6. The average Bonchev–Trinajstić information content (AvgIpc) is 3.05. The third-order valence-electron chi connectivity index (χ3n) is 5.09. The van der Waals surface area contributed by atoms with Crippen LogP contribution in [0.25, 0.3) is 0 Å². The van der Waals surface area contributed by atoms with E-state index in [-0.39, 0.29) is 11.9 Å². The Morgan fingerprint density at radius 1 is 1.36 bits per heavy atom. The van der Waals surface area contributed by atoms with Gasteiger partial charge in [-0.25, -0.2) is 0 Å². The van der Waals surface area contributed by atoms with Crippen LogP contribution in [0.5, 0.6) is 0 Å². The average molecular weight is 341 g/mol. The number of nitrogens with zero attached hydrogens (tertiary/aromatic N) is 3. The standard InChI is InChI=1S/C20H27N3O2/c1-4-23-20-17(13-21-23)11-12-22(18(20)14-25-3)19(24)10-9-16-8-6-5-7-15(16)2/h5-8,13,18H,4,9-12,14H2,1-3H3. The van der Waals surface area contributed by atoms with Crippen molar-refractivity contribution in [2.24, 2.45) is 0 Å². The van der Waals surface area contributed by atoms with Crippen LogP contribution in [-0.4, -0.2) is 40.8 Å². The fourth-order valence-corrected chi connectivity index (χ4v) is 3.71. The number of hydrogen-bond acceptors (Lipinski definition) is 3. The molecule has 0 saturated heterocycles. The molecule has 0 radical (unpaired) electrons. The molecule has 1 aliphatic heterocycles. The second-order valence-corrected chi connectivity index (χ2v) is 6.61. The molecule has 5 heteroatoms. The van der Waals surface area contributed by atoms with Gasteiger partial charge < -0.3 is 9.64 Å². The molecule has 1 aromatic heterocycles. The lowest BCUT2D eigenvalue weighted by Crippen LogP contribution is -2.42.